The molecule has 3 saturated heterocycles. The molecule has 9 heteroatoms. The molecule has 0 radical (unpaired) electrons. The Morgan fingerprint density at radius 1 is 0.621 bits per heavy atom. The second kappa shape index (κ2) is 19.1. The van der Waals surface area contributed by atoms with Gasteiger partial charge >= 0.3 is 0 Å². The molecule has 29 heavy (non-hydrogen) atoms. The minimum Gasteiger partial charge on any atom is -0.378 e. The molecule has 3 fully saturated rings. The monoisotopic (exact) mass is 453 g/mol. The summed E-state index contributed by atoms with van der Waals surface area (Å²) in [5.74, 6) is 6.16. The van der Waals surface area contributed by atoms with Crippen molar-refractivity contribution in [1.82, 2.24) is 10.4 Å². The van der Waals surface area contributed by atoms with Crippen LogP contribution in [0, 0.1) is 0 Å². The zero-order valence-electron chi connectivity index (χ0n) is 17.9. The van der Waals surface area contributed by atoms with Crippen LogP contribution in [0.3, 0.4) is 0 Å². The summed E-state index contributed by atoms with van der Waals surface area (Å²) >= 11 is 2.09. The van der Waals surface area contributed by atoms with Gasteiger partial charge < -0.3 is 24.3 Å². The van der Waals surface area contributed by atoms with E-state index in [1.165, 1.54) is 29.4 Å². The van der Waals surface area contributed by atoms with Gasteiger partial charge in [0.2, 0.25) is 0 Å². The predicted octanol–water partition coefficient (Wildman–Crippen LogP) is 1.03. The van der Waals surface area contributed by atoms with Crippen LogP contribution in [0.5, 0.6) is 0 Å². The Hall–Kier alpha value is 0.420. The normalized spacial score (nSPS) is 29.8. The fourth-order valence-electron chi connectivity index (χ4n) is 2.97. The van der Waals surface area contributed by atoms with Crippen molar-refractivity contribution in [2.45, 2.75) is 12.8 Å². The van der Waals surface area contributed by atoms with Crippen molar-refractivity contribution >= 4 is 22.7 Å². The van der Waals surface area contributed by atoms with Gasteiger partial charge in [-0.15, -0.1) is 0 Å². The van der Waals surface area contributed by atoms with E-state index in [4.69, 9.17) is 23.8 Å². The van der Waals surface area contributed by atoms with Gasteiger partial charge in [-0.05, 0) is 29.5 Å². The first kappa shape index (κ1) is 25.7. The molecule has 0 aliphatic carbocycles. The Bertz CT molecular complexity index is 314. The van der Waals surface area contributed by atoms with Crippen molar-refractivity contribution in [1.29, 1.82) is 0 Å². The Morgan fingerprint density at radius 2 is 1.34 bits per heavy atom. The molecule has 2 atom stereocenters. The van der Waals surface area contributed by atoms with Crippen molar-refractivity contribution in [3.05, 3.63) is 0 Å². The second-order valence-electron chi connectivity index (χ2n) is 7.01. The maximum Gasteiger partial charge on any atom is 0.131 e. The van der Waals surface area contributed by atoms with E-state index < -0.39 is 0 Å². The lowest BCUT2D eigenvalue weighted by atomic mass is 10.4. The smallest absolute Gasteiger partial charge is 0.131 e. The average molecular weight is 454 g/mol. The second-order valence-corrected chi connectivity index (χ2v) is 10.7. The number of nitrogens with zero attached hydrogens (tertiary/aromatic N) is 1. The lowest BCUT2D eigenvalue weighted by molar-refractivity contribution is -0.175. The van der Waals surface area contributed by atoms with Gasteiger partial charge in [0.1, 0.15) is 17.3 Å². The highest BCUT2D eigenvalue weighted by Crippen LogP contribution is 2.09. The first-order chi connectivity index (χ1) is 14.4. The Kier molecular flexibility index (Phi) is 16.9. The SMILES string of the molecule is C1CCSCC[S+]2CCNCCOCCOCCN(CCOCCOCC2)OC1. The van der Waals surface area contributed by atoms with E-state index in [9.17, 15) is 0 Å². The summed E-state index contributed by atoms with van der Waals surface area (Å²) in [5, 5.41) is 5.50. The molecule has 2 unspecified atom stereocenters. The zero-order valence-corrected chi connectivity index (χ0v) is 19.6. The maximum atomic E-state index is 5.97. The topological polar surface area (TPSA) is 61.4 Å². The third kappa shape index (κ3) is 15.0. The summed E-state index contributed by atoms with van der Waals surface area (Å²) < 4.78 is 22.9. The van der Waals surface area contributed by atoms with Crippen molar-refractivity contribution < 1.29 is 23.8 Å². The van der Waals surface area contributed by atoms with E-state index in [1.807, 2.05) is 5.06 Å². The van der Waals surface area contributed by atoms with E-state index in [0.717, 1.165) is 58.2 Å². The Labute approximate surface area is 184 Å². The minimum absolute atomic E-state index is 0.423. The van der Waals surface area contributed by atoms with Crippen molar-refractivity contribution in [3.63, 3.8) is 0 Å². The van der Waals surface area contributed by atoms with Gasteiger partial charge in [-0.3, -0.25) is 4.84 Å². The van der Waals surface area contributed by atoms with Crippen LogP contribution in [-0.4, -0.2) is 119 Å². The van der Waals surface area contributed by atoms with Crippen molar-refractivity contribution in [3.8, 4) is 0 Å². The molecule has 0 amide bonds. The van der Waals surface area contributed by atoms with Crippen LogP contribution < -0.4 is 5.32 Å². The number of hydrogen-bond donors (Lipinski definition) is 1. The molecule has 0 spiro atoms. The maximum absolute atomic E-state index is 5.97. The Morgan fingerprint density at radius 3 is 2.14 bits per heavy atom. The summed E-state index contributed by atoms with van der Waals surface area (Å²) in [6.45, 7) is 9.69. The summed E-state index contributed by atoms with van der Waals surface area (Å²) in [5.41, 5.74) is 0. The number of nitrogens with one attached hydrogen (secondary N) is 1. The molecule has 2 bridgehead atoms. The number of rotatable bonds is 0. The molecule has 7 nitrogen and oxygen atoms in total. The highest BCUT2D eigenvalue weighted by atomic mass is 32.2. The molecular weight excluding hydrogens is 412 g/mol. The molecular formula is C20H41N2O5S2+. The molecule has 0 aromatic rings. The van der Waals surface area contributed by atoms with Gasteiger partial charge in [-0.25, -0.2) is 0 Å². The average Bonchev–Trinajstić information content (AvgIpc) is 2.73. The fourth-order valence-corrected chi connectivity index (χ4v) is 6.39. The van der Waals surface area contributed by atoms with Crippen molar-refractivity contribution in [2.75, 3.05) is 114 Å². The highest BCUT2D eigenvalue weighted by Gasteiger charge is 2.17. The standard InChI is InChI=1S/C20H41N2O5S2/c1-2-16-28-17-20-29-18-4-21-3-8-23-11-12-24-9-5-22(27-7-1)6-10-25-13-14-26-15-19-29/h21H,1-20H2/q+1. The van der Waals surface area contributed by atoms with E-state index in [2.05, 4.69) is 17.1 Å². The van der Waals surface area contributed by atoms with Crippen LogP contribution in [0.1, 0.15) is 12.8 Å². The molecule has 1 N–H and O–H groups in total. The van der Waals surface area contributed by atoms with Crippen LogP contribution >= 0.6 is 11.8 Å². The summed E-state index contributed by atoms with van der Waals surface area (Å²) in [7, 11) is 0.423. The molecule has 172 valence electrons. The molecule has 3 rings (SSSR count). The van der Waals surface area contributed by atoms with Crippen LogP contribution in [0.25, 0.3) is 0 Å². The van der Waals surface area contributed by atoms with Crippen LogP contribution in [0.15, 0.2) is 0 Å². The van der Waals surface area contributed by atoms with Gasteiger partial charge in [0.15, 0.2) is 0 Å². The van der Waals surface area contributed by atoms with Crippen LogP contribution in [-0.2, 0) is 34.7 Å². The molecule has 0 aromatic carbocycles. The molecule has 3 heterocycles. The third-order valence-corrected chi connectivity index (χ3v) is 8.33. The lowest BCUT2D eigenvalue weighted by Gasteiger charge is -2.22. The number of hydrogen-bond acceptors (Lipinski definition) is 8. The van der Waals surface area contributed by atoms with Gasteiger partial charge in [-0.2, -0.15) is 16.8 Å². The fraction of sp³-hybridized carbons (Fsp3) is 1.00. The number of thioether (sulfide) groups is 1. The quantitative estimate of drug-likeness (QED) is 0.431. The number of hydroxylamine groups is 2. The molecule has 0 saturated carbocycles. The van der Waals surface area contributed by atoms with E-state index in [0.29, 0.717) is 50.5 Å². The molecule has 3 aliphatic heterocycles. The number of ether oxygens (including phenoxy) is 4. The summed E-state index contributed by atoms with van der Waals surface area (Å²) in [4.78, 5) is 5.97. The van der Waals surface area contributed by atoms with Crippen LogP contribution in [0.4, 0.5) is 0 Å². The van der Waals surface area contributed by atoms with E-state index >= 15 is 0 Å². The van der Waals surface area contributed by atoms with Gasteiger partial charge in [0.05, 0.1) is 59.5 Å². The summed E-state index contributed by atoms with van der Waals surface area (Å²) in [6, 6.07) is 0. The number of fused-ring (bicyclic) bond motifs is 24. The van der Waals surface area contributed by atoms with Gasteiger partial charge in [0.25, 0.3) is 0 Å². The van der Waals surface area contributed by atoms with E-state index in [-0.39, 0.29) is 0 Å². The Balaban J connectivity index is 1.86. The van der Waals surface area contributed by atoms with Crippen molar-refractivity contribution in [2.24, 2.45) is 0 Å². The first-order valence-electron chi connectivity index (χ1n) is 11.1. The highest BCUT2D eigenvalue weighted by molar-refractivity contribution is 8.01. The largest absolute Gasteiger partial charge is 0.378 e. The van der Waals surface area contributed by atoms with E-state index in [1.54, 1.807) is 0 Å². The van der Waals surface area contributed by atoms with Crippen LogP contribution in [0.2, 0.25) is 0 Å². The molecule has 0 aromatic heterocycles. The molecule has 3 aliphatic rings. The minimum atomic E-state index is 0.423. The van der Waals surface area contributed by atoms with Gasteiger partial charge in [0, 0.05) is 31.9 Å². The first-order valence-corrected chi connectivity index (χ1v) is 14.0. The zero-order chi connectivity index (χ0) is 20.2. The lowest BCUT2D eigenvalue weighted by Crippen LogP contribution is -2.32. The third-order valence-electron chi connectivity index (χ3n) is 4.69. The predicted molar refractivity (Wildman–Crippen MR) is 122 cm³/mol. The van der Waals surface area contributed by atoms with Gasteiger partial charge in [-0.1, -0.05) is 0 Å². The summed E-state index contributed by atoms with van der Waals surface area (Å²) in [6.07, 6.45) is 2.31.